The van der Waals surface area contributed by atoms with E-state index >= 15 is 0 Å². The van der Waals surface area contributed by atoms with E-state index in [0.717, 1.165) is 32.1 Å². The maximum absolute atomic E-state index is 10.9. The van der Waals surface area contributed by atoms with Crippen LogP contribution in [0.15, 0.2) is 0 Å². The first-order chi connectivity index (χ1) is 5.61. The van der Waals surface area contributed by atoms with Crippen LogP contribution in [0.4, 0.5) is 0 Å². The number of hydrogen-bond acceptors (Lipinski definition) is 2. The zero-order chi connectivity index (χ0) is 8.82. The van der Waals surface area contributed by atoms with Gasteiger partial charge < -0.3 is 0 Å². The SMILES string of the molecule is CC1(C2([N+](=O)[O-])CCC2)CCC1. The summed E-state index contributed by atoms with van der Waals surface area (Å²) in [7, 11) is 0. The second-order valence-electron chi connectivity index (χ2n) is 4.56. The molecule has 2 aliphatic carbocycles. The third-order valence-electron chi connectivity index (χ3n) is 4.11. The van der Waals surface area contributed by atoms with Gasteiger partial charge >= 0.3 is 0 Å². The van der Waals surface area contributed by atoms with Crippen molar-refractivity contribution in [3.05, 3.63) is 10.1 Å². The van der Waals surface area contributed by atoms with Crippen molar-refractivity contribution in [1.82, 2.24) is 0 Å². The molecule has 0 radical (unpaired) electrons. The van der Waals surface area contributed by atoms with E-state index in [1.54, 1.807) is 0 Å². The lowest BCUT2D eigenvalue weighted by Gasteiger charge is -2.52. The summed E-state index contributed by atoms with van der Waals surface area (Å²) in [5, 5.41) is 10.9. The van der Waals surface area contributed by atoms with E-state index in [1.165, 1.54) is 6.42 Å². The average Bonchev–Trinajstić information content (AvgIpc) is 1.80. The maximum atomic E-state index is 10.9. The van der Waals surface area contributed by atoms with Gasteiger partial charge in [0.25, 0.3) is 0 Å². The van der Waals surface area contributed by atoms with E-state index in [-0.39, 0.29) is 10.3 Å². The molecule has 0 aromatic rings. The molecule has 0 aromatic heterocycles. The van der Waals surface area contributed by atoms with Crippen LogP contribution in [0.2, 0.25) is 0 Å². The van der Waals surface area contributed by atoms with Gasteiger partial charge in [-0.05, 0) is 19.3 Å². The summed E-state index contributed by atoms with van der Waals surface area (Å²) in [6.45, 7) is 2.10. The van der Waals surface area contributed by atoms with Gasteiger partial charge in [-0.1, -0.05) is 13.3 Å². The zero-order valence-corrected chi connectivity index (χ0v) is 7.51. The minimum absolute atomic E-state index is 0.00431. The summed E-state index contributed by atoms with van der Waals surface area (Å²) in [5.74, 6) is 0. The highest BCUT2D eigenvalue weighted by Gasteiger charge is 2.64. The Morgan fingerprint density at radius 2 is 1.67 bits per heavy atom. The first-order valence-corrected chi connectivity index (χ1v) is 4.75. The van der Waals surface area contributed by atoms with Crippen LogP contribution in [0.25, 0.3) is 0 Å². The molecule has 0 amide bonds. The van der Waals surface area contributed by atoms with Crippen LogP contribution in [-0.2, 0) is 0 Å². The summed E-state index contributed by atoms with van der Waals surface area (Å²) in [6.07, 6.45) is 6.00. The molecular weight excluding hydrogens is 154 g/mol. The van der Waals surface area contributed by atoms with E-state index in [0.29, 0.717) is 0 Å². The molecule has 0 aliphatic heterocycles. The molecule has 0 N–H and O–H groups in total. The maximum Gasteiger partial charge on any atom is 0.227 e. The molecule has 2 aliphatic rings. The molecule has 3 heteroatoms. The van der Waals surface area contributed by atoms with E-state index < -0.39 is 5.54 Å². The van der Waals surface area contributed by atoms with Crippen molar-refractivity contribution in [3.8, 4) is 0 Å². The van der Waals surface area contributed by atoms with Gasteiger partial charge in [-0.3, -0.25) is 10.1 Å². The normalized spacial score (nSPS) is 30.1. The number of hydrogen-bond donors (Lipinski definition) is 0. The lowest BCUT2D eigenvalue weighted by atomic mass is 9.51. The van der Waals surface area contributed by atoms with E-state index in [9.17, 15) is 10.1 Å². The van der Waals surface area contributed by atoms with Gasteiger partial charge in [-0.2, -0.15) is 0 Å². The van der Waals surface area contributed by atoms with Crippen molar-refractivity contribution in [2.24, 2.45) is 5.41 Å². The fraction of sp³-hybridized carbons (Fsp3) is 1.00. The molecule has 0 heterocycles. The van der Waals surface area contributed by atoms with Gasteiger partial charge in [0.05, 0.1) is 0 Å². The third-order valence-corrected chi connectivity index (χ3v) is 4.11. The van der Waals surface area contributed by atoms with Crippen molar-refractivity contribution in [2.75, 3.05) is 0 Å². The Labute approximate surface area is 72.3 Å². The summed E-state index contributed by atoms with van der Waals surface area (Å²) >= 11 is 0. The topological polar surface area (TPSA) is 43.1 Å². The van der Waals surface area contributed by atoms with Crippen LogP contribution < -0.4 is 0 Å². The van der Waals surface area contributed by atoms with Gasteiger partial charge in [0, 0.05) is 23.2 Å². The van der Waals surface area contributed by atoms with Crippen LogP contribution >= 0.6 is 0 Å². The average molecular weight is 169 g/mol. The first-order valence-electron chi connectivity index (χ1n) is 4.75. The monoisotopic (exact) mass is 169 g/mol. The largest absolute Gasteiger partial charge is 0.264 e. The molecule has 3 nitrogen and oxygen atoms in total. The van der Waals surface area contributed by atoms with Gasteiger partial charge in [0.2, 0.25) is 5.54 Å². The Hall–Kier alpha value is -0.600. The molecule has 2 saturated carbocycles. The second-order valence-corrected chi connectivity index (χ2v) is 4.56. The smallest absolute Gasteiger partial charge is 0.227 e. The van der Waals surface area contributed by atoms with Crippen LogP contribution in [0, 0.1) is 15.5 Å². The number of rotatable bonds is 2. The minimum Gasteiger partial charge on any atom is -0.264 e. The van der Waals surface area contributed by atoms with E-state index in [2.05, 4.69) is 6.92 Å². The molecule has 0 aromatic carbocycles. The Morgan fingerprint density at radius 1 is 1.17 bits per heavy atom. The van der Waals surface area contributed by atoms with Crippen LogP contribution in [0.3, 0.4) is 0 Å². The molecule has 0 unspecified atom stereocenters. The lowest BCUT2D eigenvalue weighted by Crippen LogP contribution is -2.60. The number of nitrogens with zero attached hydrogens (tertiary/aromatic N) is 1. The molecule has 12 heavy (non-hydrogen) atoms. The van der Waals surface area contributed by atoms with Crippen molar-refractivity contribution in [3.63, 3.8) is 0 Å². The Bertz CT molecular complexity index is 217. The Balaban J connectivity index is 2.21. The highest BCUT2D eigenvalue weighted by molar-refractivity contribution is 5.05. The molecule has 0 atom stereocenters. The van der Waals surface area contributed by atoms with Crippen molar-refractivity contribution in [1.29, 1.82) is 0 Å². The summed E-state index contributed by atoms with van der Waals surface area (Å²) in [4.78, 5) is 10.9. The Morgan fingerprint density at radius 3 is 1.75 bits per heavy atom. The molecular formula is C9H15NO2. The first kappa shape index (κ1) is 8.02. The fourth-order valence-electron chi connectivity index (χ4n) is 2.69. The molecule has 2 fully saturated rings. The lowest BCUT2D eigenvalue weighted by molar-refractivity contribution is -0.612. The summed E-state index contributed by atoms with van der Waals surface area (Å²) in [6, 6.07) is 0. The molecule has 0 spiro atoms. The Kier molecular flexibility index (Phi) is 1.48. The van der Waals surface area contributed by atoms with Crippen molar-refractivity contribution in [2.45, 2.75) is 51.0 Å². The van der Waals surface area contributed by atoms with Crippen LogP contribution in [0.5, 0.6) is 0 Å². The second kappa shape index (κ2) is 2.21. The van der Waals surface area contributed by atoms with Gasteiger partial charge in [-0.25, -0.2) is 0 Å². The highest BCUT2D eigenvalue weighted by Crippen LogP contribution is 2.58. The van der Waals surface area contributed by atoms with E-state index in [1.807, 2.05) is 0 Å². The molecule has 0 saturated heterocycles. The quantitative estimate of drug-likeness (QED) is 0.470. The van der Waals surface area contributed by atoms with Crippen molar-refractivity contribution >= 4 is 0 Å². The predicted molar refractivity (Wildman–Crippen MR) is 45.5 cm³/mol. The van der Waals surface area contributed by atoms with Crippen LogP contribution in [-0.4, -0.2) is 10.5 Å². The highest BCUT2D eigenvalue weighted by atomic mass is 16.6. The molecule has 0 bridgehead atoms. The minimum atomic E-state index is -0.523. The fourth-order valence-corrected chi connectivity index (χ4v) is 2.69. The third kappa shape index (κ3) is 0.718. The predicted octanol–water partition coefficient (Wildman–Crippen LogP) is 2.38. The van der Waals surface area contributed by atoms with Gasteiger partial charge in [0.15, 0.2) is 0 Å². The molecule has 68 valence electrons. The van der Waals surface area contributed by atoms with Gasteiger partial charge in [0.1, 0.15) is 0 Å². The van der Waals surface area contributed by atoms with Crippen LogP contribution in [0.1, 0.15) is 45.4 Å². The summed E-state index contributed by atoms with van der Waals surface area (Å²) < 4.78 is 0. The molecule has 2 rings (SSSR count). The van der Waals surface area contributed by atoms with E-state index in [4.69, 9.17) is 0 Å². The summed E-state index contributed by atoms with van der Waals surface area (Å²) in [5.41, 5.74) is -0.486. The standard InChI is InChI=1S/C9H15NO2/c1-8(4-2-5-8)9(10(11)12)6-3-7-9/h2-7H2,1H3. The zero-order valence-electron chi connectivity index (χ0n) is 7.51. The van der Waals surface area contributed by atoms with Crippen molar-refractivity contribution < 1.29 is 4.92 Å². The van der Waals surface area contributed by atoms with Gasteiger partial charge in [-0.15, -0.1) is 0 Å². The number of nitro groups is 1.